The first-order valence-electron chi connectivity index (χ1n) is 4.33. The number of carbonyl (C=O) groups excluding carboxylic acids is 1. The van der Waals surface area contributed by atoms with E-state index in [1.165, 1.54) is 20.3 Å². The van der Waals surface area contributed by atoms with E-state index in [9.17, 15) is 4.79 Å². The summed E-state index contributed by atoms with van der Waals surface area (Å²) in [5.41, 5.74) is 0.887. The molecule has 0 aromatic carbocycles. The fraction of sp³-hybridized carbons (Fsp3) is 0.444. The van der Waals surface area contributed by atoms with E-state index in [-0.39, 0.29) is 11.9 Å². The molecule has 0 fully saturated rings. The van der Waals surface area contributed by atoms with E-state index < -0.39 is 0 Å². The minimum atomic E-state index is 0.188. The Morgan fingerprint density at radius 1 is 1.33 bits per heavy atom. The van der Waals surface area contributed by atoms with Crippen LogP contribution in [0.3, 0.4) is 0 Å². The lowest BCUT2D eigenvalue weighted by Gasteiger charge is -2.07. The lowest BCUT2D eigenvalue weighted by molar-refractivity contribution is 0.351. The smallest absolute Gasteiger partial charge is 0.319 e. The van der Waals surface area contributed by atoms with Gasteiger partial charge in [0.1, 0.15) is 0 Å². The highest BCUT2D eigenvalue weighted by Gasteiger charge is 2.13. The molecule has 0 atom stereocenters. The molecule has 6 heteroatoms. The molecule has 0 unspecified atom stereocenters. The van der Waals surface area contributed by atoms with Gasteiger partial charge in [-0.2, -0.15) is 15.0 Å². The van der Waals surface area contributed by atoms with Crippen LogP contribution in [0, 0.1) is 0 Å². The van der Waals surface area contributed by atoms with Gasteiger partial charge in [0.25, 0.3) is 0 Å². The van der Waals surface area contributed by atoms with Crippen LogP contribution in [0.4, 0.5) is 5.69 Å². The number of hydrogen-bond acceptors (Lipinski definition) is 6. The van der Waals surface area contributed by atoms with E-state index in [1.54, 1.807) is 0 Å². The van der Waals surface area contributed by atoms with E-state index in [0.717, 1.165) is 0 Å². The number of hydrogen-bond donors (Lipinski definition) is 0. The van der Waals surface area contributed by atoms with Gasteiger partial charge in [-0.3, -0.25) is 0 Å². The Labute approximate surface area is 87.0 Å². The lowest BCUT2D eigenvalue weighted by Crippen LogP contribution is -2.00. The summed E-state index contributed by atoms with van der Waals surface area (Å²) in [5, 5.41) is 0. The van der Waals surface area contributed by atoms with Gasteiger partial charge in [-0.05, 0) is 6.42 Å². The van der Waals surface area contributed by atoms with Crippen LogP contribution < -0.4 is 9.47 Å². The molecule has 0 saturated heterocycles. The Bertz CT molecular complexity index is 375. The fourth-order valence-electron chi connectivity index (χ4n) is 1.09. The van der Waals surface area contributed by atoms with E-state index in [4.69, 9.17) is 9.47 Å². The van der Waals surface area contributed by atoms with Crippen LogP contribution in [0.25, 0.3) is 0 Å². The van der Waals surface area contributed by atoms with Gasteiger partial charge in [0.2, 0.25) is 12.0 Å². The molecule has 15 heavy (non-hydrogen) atoms. The first kappa shape index (κ1) is 11.1. The van der Waals surface area contributed by atoms with Crippen LogP contribution in [0.15, 0.2) is 4.99 Å². The topological polar surface area (TPSA) is 73.7 Å². The summed E-state index contributed by atoms with van der Waals surface area (Å²) in [6.45, 7) is 1.88. The number of aryl methyl sites for hydroxylation is 1. The van der Waals surface area contributed by atoms with Crippen LogP contribution in [-0.2, 0) is 11.2 Å². The minimum Gasteiger partial charge on any atom is -0.479 e. The standard InChI is InChI=1S/C9H11N3O3/c1-4-6-7(10-5-13)8(14-2)12-9(11-6)15-3/h4H2,1-3H3. The molecule has 0 aliphatic rings. The molecule has 0 spiro atoms. The monoisotopic (exact) mass is 209 g/mol. The Kier molecular flexibility index (Phi) is 3.76. The maximum atomic E-state index is 10.2. The van der Waals surface area contributed by atoms with Gasteiger partial charge in [0.15, 0.2) is 5.69 Å². The van der Waals surface area contributed by atoms with Crippen molar-refractivity contribution in [1.29, 1.82) is 0 Å². The lowest BCUT2D eigenvalue weighted by atomic mass is 10.3. The summed E-state index contributed by atoms with van der Waals surface area (Å²) < 4.78 is 9.87. The fourth-order valence-corrected chi connectivity index (χ4v) is 1.09. The molecule has 0 saturated carbocycles. The third-order valence-corrected chi connectivity index (χ3v) is 1.77. The maximum absolute atomic E-state index is 10.2. The van der Waals surface area contributed by atoms with Gasteiger partial charge in [-0.1, -0.05) is 6.92 Å². The molecule has 1 rings (SSSR count). The van der Waals surface area contributed by atoms with Gasteiger partial charge < -0.3 is 9.47 Å². The van der Waals surface area contributed by atoms with Crippen molar-refractivity contribution in [2.75, 3.05) is 14.2 Å². The van der Waals surface area contributed by atoms with E-state index in [1.807, 2.05) is 6.92 Å². The molecule has 0 N–H and O–H groups in total. The predicted octanol–water partition coefficient (Wildman–Crippen LogP) is 1.02. The minimum absolute atomic E-state index is 0.188. The molecule has 0 amide bonds. The molecule has 1 heterocycles. The number of aliphatic imine (C=N–C) groups is 1. The normalized spacial score (nSPS) is 9.27. The second-order valence-electron chi connectivity index (χ2n) is 2.57. The van der Waals surface area contributed by atoms with Crippen molar-refractivity contribution >= 4 is 11.8 Å². The van der Waals surface area contributed by atoms with Gasteiger partial charge in [0.05, 0.1) is 19.9 Å². The van der Waals surface area contributed by atoms with E-state index in [0.29, 0.717) is 17.8 Å². The number of rotatable bonds is 4. The van der Waals surface area contributed by atoms with Gasteiger partial charge in [-0.25, -0.2) is 4.79 Å². The SMILES string of the molecule is CCc1nc(OC)nc(OC)c1N=C=O. The van der Waals surface area contributed by atoms with Crippen LogP contribution in [0.1, 0.15) is 12.6 Å². The zero-order valence-corrected chi connectivity index (χ0v) is 8.77. The summed E-state index contributed by atoms with van der Waals surface area (Å²) in [6.07, 6.45) is 2.04. The van der Waals surface area contributed by atoms with Crippen LogP contribution in [0.2, 0.25) is 0 Å². The molecule has 80 valence electrons. The average molecular weight is 209 g/mol. The molecule has 0 aliphatic heterocycles. The highest BCUT2D eigenvalue weighted by Crippen LogP contribution is 2.30. The van der Waals surface area contributed by atoms with E-state index in [2.05, 4.69) is 15.0 Å². The van der Waals surface area contributed by atoms with Crippen molar-refractivity contribution < 1.29 is 14.3 Å². The summed E-state index contributed by atoms with van der Waals surface area (Å²) in [7, 11) is 2.89. The molecule has 0 aliphatic carbocycles. The summed E-state index contributed by atoms with van der Waals surface area (Å²) in [5.74, 6) is 0.210. The Morgan fingerprint density at radius 2 is 2.07 bits per heavy atom. The zero-order chi connectivity index (χ0) is 11.3. The van der Waals surface area contributed by atoms with Crippen LogP contribution >= 0.6 is 0 Å². The third kappa shape index (κ3) is 2.30. The number of nitrogens with zero attached hydrogens (tertiary/aromatic N) is 3. The maximum Gasteiger partial charge on any atom is 0.319 e. The number of methoxy groups -OCH3 is 2. The molecular formula is C9H11N3O3. The van der Waals surface area contributed by atoms with Crippen molar-refractivity contribution in [3.8, 4) is 11.9 Å². The highest BCUT2D eigenvalue weighted by molar-refractivity contribution is 5.58. The Morgan fingerprint density at radius 3 is 2.53 bits per heavy atom. The van der Waals surface area contributed by atoms with Gasteiger partial charge >= 0.3 is 6.01 Å². The number of ether oxygens (including phenoxy) is 2. The first-order chi connectivity index (χ1) is 7.26. The largest absolute Gasteiger partial charge is 0.479 e. The third-order valence-electron chi connectivity index (χ3n) is 1.77. The predicted molar refractivity (Wildman–Crippen MR) is 52.3 cm³/mol. The Hall–Kier alpha value is -1.94. The van der Waals surface area contributed by atoms with E-state index >= 15 is 0 Å². The molecule has 6 nitrogen and oxygen atoms in total. The van der Waals surface area contributed by atoms with Crippen molar-refractivity contribution in [2.45, 2.75) is 13.3 Å². The van der Waals surface area contributed by atoms with Crippen molar-refractivity contribution in [3.63, 3.8) is 0 Å². The number of aromatic nitrogens is 2. The summed E-state index contributed by atoms with van der Waals surface area (Å²) in [4.78, 5) is 21.7. The van der Waals surface area contributed by atoms with Gasteiger partial charge in [-0.15, -0.1) is 0 Å². The molecule has 0 bridgehead atoms. The quantitative estimate of drug-likeness (QED) is 0.546. The second kappa shape index (κ2) is 5.07. The molecule has 1 aromatic heterocycles. The molecular weight excluding hydrogens is 198 g/mol. The van der Waals surface area contributed by atoms with Crippen molar-refractivity contribution in [2.24, 2.45) is 4.99 Å². The highest BCUT2D eigenvalue weighted by atomic mass is 16.5. The molecule has 0 radical (unpaired) electrons. The zero-order valence-electron chi connectivity index (χ0n) is 8.77. The van der Waals surface area contributed by atoms with Crippen LogP contribution in [-0.4, -0.2) is 30.3 Å². The summed E-state index contributed by atoms with van der Waals surface area (Å²) >= 11 is 0. The van der Waals surface area contributed by atoms with Crippen LogP contribution in [0.5, 0.6) is 11.9 Å². The van der Waals surface area contributed by atoms with Crippen molar-refractivity contribution in [3.05, 3.63) is 5.69 Å². The summed E-state index contributed by atoms with van der Waals surface area (Å²) in [6, 6.07) is 0.188. The average Bonchev–Trinajstić information content (AvgIpc) is 2.29. The first-order valence-corrected chi connectivity index (χ1v) is 4.33. The second-order valence-corrected chi connectivity index (χ2v) is 2.57. The molecule has 1 aromatic rings. The number of isocyanates is 1. The Balaban J connectivity index is 3.38. The van der Waals surface area contributed by atoms with Crippen molar-refractivity contribution in [1.82, 2.24) is 9.97 Å². The van der Waals surface area contributed by atoms with Gasteiger partial charge in [0, 0.05) is 0 Å².